The standard InChI is InChI=1S/C16H16ClN3OS/c1-9-7-18-14(10(2)15(9)17)8-22-16-19-12-5-4-11(21-3)6-13(12)20-16/h4-7H,8H2,1-3H3,(H,19,20). The van der Waals surface area contributed by atoms with Crippen molar-refractivity contribution in [2.24, 2.45) is 0 Å². The molecule has 3 rings (SSSR count). The first-order valence-corrected chi connectivity index (χ1v) is 8.22. The smallest absolute Gasteiger partial charge is 0.166 e. The van der Waals surface area contributed by atoms with Crippen LogP contribution in [0.15, 0.2) is 29.6 Å². The van der Waals surface area contributed by atoms with Gasteiger partial charge >= 0.3 is 0 Å². The molecule has 4 nitrogen and oxygen atoms in total. The van der Waals surface area contributed by atoms with Gasteiger partial charge in [0.15, 0.2) is 5.16 Å². The fraction of sp³-hybridized carbons (Fsp3) is 0.250. The summed E-state index contributed by atoms with van der Waals surface area (Å²) in [4.78, 5) is 12.3. The Balaban J connectivity index is 1.80. The van der Waals surface area contributed by atoms with Crippen molar-refractivity contribution in [3.05, 3.63) is 46.2 Å². The average molecular weight is 334 g/mol. The van der Waals surface area contributed by atoms with E-state index in [-0.39, 0.29) is 0 Å². The summed E-state index contributed by atoms with van der Waals surface area (Å²) in [6.45, 7) is 3.97. The highest BCUT2D eigenvalue weighted by atomic mass is 35.5. The molecule has 0 bridgehead atoms. The first-order chi connectivity index (χ1) is 10.6. The van der Waals surface area contributed by atoms with Crippen LogP contribution in [0.1, 0.15) is 16.8 Å². The number of hydrogen-bond donors (Lipinski definition) is 1. The minimum atomic E-state index is 0.725. The zero-order chi connectivity index (χ0) is 15.7. The number of aryl methyl sites for hydroxylation is 1. The number of aromatic amines is 1. The molecule has 2 aromatic heterocycles. The highest BCUT2D eigenvalue weighted by molar-refractivity contribution is 7.98. The van der Waals surface area contributed by atoms with Crippen LogP contribution >= 0.6 is 23.4 Å². The number of nitrogens with one attached hydrogen (secondary N) is 1. The van der Waals surface area contributed by atoms with Gasteiger partial charge in [-0.3, -0.25) is 4.98 Å². The summed E-state index contributed by atoms with van der Waals surface area (Å²) in [6.07, 6.45) is 1.81. The van der Waals surface area contributed by atoms with Crippen molar-refractivity contribution in [3.8, 4) is 5.75 Å². The maximum Gasteiger partial charge on any atom is 0.166 e. The molecule has 0 unspecified atom stereocenters. The van der Waals surface area contributed by atoms with E-state index in [9.17, 15) is 0 Å². The van der Waals surface area contributed by atoms with Crippen molar-refractivity contribution in [1.29, 1.82) is 0 Å². The van der Waals surface area contributed by atoms with Gasteiger partial charge in [0.1, 0.15) is 5.75 Å². The highest BCUT2D eigenvalue weighted by Crippen LogP contribution is 2.28. The lowest BCUT2D eigenvalue weighted by atomic mass is 10.2. The summed E-state index contributed by atoms with van der Waals surface area (Å²) in [6, 6.07) is 5.79. The van der Waals surface area contributed by atoms with E-state index in [4.69, 9.17) is 16.3 Å². The lowest BCUT2D eigenvalue weighted by Gasteiger charge is -2.07. The van der Waals surface area contributed by atoms with Gasteiger partial charge in [-0.05, 0) is 37.1 Å². The Morgan fingerprint density at radius 1 is 1.32 bits per heavy atom. The Hall–Kier alpha value is -1.72. The Bertz CT molecular complexity index is 832. The lowest BCUT2D eigenvalue weighted by molar-refractivity contribution is 0.415. The van der Waals surface area contributed by atoms with Gasteiger partial charge in [0.05, 0.1) is 23.8 Å². The fourth-order valence-corrected chi connectivity index (χ4v) is 3.26. The van der Waals surface area contributed by atoms with Crippen LogP contribution in [-0.4, -0.2) is 22.1 Å². The summed E-state index contributed by atoms with van der Waals surface area (Å²) in [5, 5.41) is 1.65. The normalized spacial score (nSPS) is 11.1. The molecule has 6 heteroatoms. The second-order valence-corrected chi connectivity index (χ2v) is 6.38. The Labute approximate surface area is 138 Å². The molecule has 1 N–H and O–H groups in total. The molecule has 0 fully saturated rings. The zero-order valence-electron chi connectivity index (χ0n) is 12.6. The molecule has 0 saturated heterocycles. The van der Waals surface area contributed by atoms with Gasteiger partial charge in [-0.1, -0.05) is 23.4 Å². The molecule has 0 aliphatic carbocycles. The quantitative estimate of drug-likeness (QED) is 0.713. The Morgan fingerprint density at radius 2 is 2.14 bits per heavy atom. The van der Waals surface area contributed by atoms with Gasteiger partial charge in [-0.25, -0.2) is 4.98 Å². The van der Waals surface area contributed by atoms with Crippen molar-refractivity contribution >= 4 is 34.4 Å². The third kappa shape index (κ3) is 2.91. The third-order valence-electron chi connectivity index (χ3n) is 3.54. The molecule has 0 radical (unpaired) electrons. The first kappa shape index (κ1) is 15.2. The van der Waals surface area contributed by atoms with Gasteiger partial charge in [0, 0.05) is 23.0 Å². The molecule has 2 heterocycles. The van der Waals surface area contributed by atoms with Crippen molar-refractivity contribution in [3.63, 3.8) is 0 Å². The monoisotopic (exact) mass is 333 g/mol. The van der Waals surface area contributed by atoms with Crippen LogP contribution < -0.4 is 4.74 Å². The maximum absolute atomic E-state index is 6.28. The summed E-state index contributed by atoms with van der Waals surface area (Å²) < 4.78 is 5.22. The van der Waals surface area contributed by atoms with Crippen LogP contribution in [0.2, 0.25) is 5.02 Å². The van der Waals surface area contributed by atoms with Crippen molar-refractivity contribution in [2.45, 2.75) is 24.8 Å². The average Bonchev–Trinajstić information content (AvgIpc) is 2.93. The fourth-order valence-electron chi connectivity index (χ4n) is 2.19. The van der Waals surface area contributed by atoms with E-state index in [1.807, 2.05) is 38.2 Å². The number of halogens is 1. The highest BCUT2D eigenvalue weighted by Gasteiger charge is 2.10. The molecule has 114 valence electrons. The van der Waals surface area contributed by atoms with Crippen LogP contribution in [0.4, 0.5) is 0 Å². The van der Waals surface area contributed by atoms with Gasteiger partial charge in [0.25, 0.3) is 0 Å². The van der Waals surface area contributed by atoms with Gasteiger partial charge < -0.3 is 9.72 Å². The number of nitrogens with zero attached hydrogens (tertiary/aromatic N) is 2. The second-order valence-electron chi connectivity index (χ2n) is 5.04. The number of hydrogen-bond acceptors (Lipinski definition) is 4. The number of fused-ring (bicyclic) bond motifs is 1. The molecular weight excluding hydrogens is 318 g/mol. The van der Waals surface area contributed by atoms with Crippen LogP contribution in [0.3, 0.4) is 0 Å². The minimum Gasteiger partial charge on any atom is -0.497 e. The summed E-state index contributed by atoms with van der Waals surface area (Å²) in [5.41, 5.74) is 4.91. The first-order valence-electron chi connectivity index (χ1n) is 6.85. The van der Waals surface area contributed by atoms with Crippen molar-refractivity contribution in [1.82, 2.24) is 15.0 Å². The van der Waals surface area contributed by atoms with Gasteiger partial charge in [-0.2, -0.15) is 0 Å². The van der Waals surface area contributed by atoms with E-state index >= 15 is 0 Å². The van der Waals surface area contributed by atoms with Gasteiger partial charge in [-0.15, -0.1) is 0 Å². The maximum atomic E-state index is 6.28. The van der Waals surface area contributed by atoms with E-state index in [2.05, 4.69) is 15.0 Å². The van der Waals surface area contributed by atoms with E-state index in [0.29, 0.717) is 0 Å². The van der Waals surface area contributed by atoms with Crippen LogP contribution in [0, 0.1) is 13.8 Å². The van der Waals surface area contributed by atoms with Gasteiger partial charge in [0.2, 0.25) is 0 Å². The number of H-pyrrole nitrogens is 1. The molecule has 0 atom stereocenters. The van der Waals surface area contributed by atoms with Crippen molar-refractivity contribution in [2.75, 3.05) is 7.11 Å². The van der Waals surface area contributed by atoms with Crippen molar-refractivity contribution < 1.29 is 4.74 Å². The SMILES string of the molecule is COc1ccc2nc(SCc3ncc(C)c(Cl)c3C)[nH]c2c1. The summed E-state index contributed by atoms with van der Waals surface area (Å²) in [5.74, 6) is 1.54. The minimum absolute atomic E-state index is 0.725. The summed E-state index contributed by atoms with van der Waals surface area (Å²) in [7, 11) is 1.66. The molecular formula is C16H16ClN3OS. The van der Waals surface area contributed by atoms with Crippen LogP contribution in [0.5, 0.6) is 5.75 Å². The number of pyridine rings is 1. The predicted octanol–water partition coefficient (Wildman–Crippen LogP) is 4.53. The molecule has 3 aromatic rings. The van der Waals surface area contributed by atoms with Crippen LogP contribution in [-0.2, 0) is 5.75 Å². The second kappa shape index (κ2) is 6.18. The van der Waals surface area contributed by atoms with E-state index < -0.39 is 0 Å². The predicted molar refractivity (Wildman–Crippen MR) is 90.9 cm³/mol. The number of rotatable bonds is 4. The molecule has 0 aliphatic heterocycles. The molecule has 0 aliphatic rings. The number of ether oxygens (including phenoxy) is 1. The third-order valence-corrected chi connectivity index (χ3v) is 5.00. The Morgan fingerprint density at radius 3 is 2.91 bits per heavy atom. The zero-order valence-corrected chi connectivity index (χ0v) is 14.2. The topological polar surface area (TPSA) is 50.8 Å². The molecule has 0 spiro atoms. The van der Waals surface area contributed by atoms with Crippen LogP contribution in [0.25, 0.3) is 11.0 Å². The number of imidazole rings is 1. The number of methoxy groups -OCH3 is 1. The Kier molecular flexibility index (Phi) is 4.27. The molecule has 1 aromatic carbocycles. The number of aromatic nitrogens is 3. The number of benzene rings is 1. The molecule has 22 heavy (non-hydrogen) atoms. The van der Waals surface area contributed by atoms with E-state index in [1.54, 1.807) is 18.9 Å². The molecule has 0 saturated carbocycles. The summed E-state index contributed by atoms with van der Waals surface area (Å²) >= 11 is 7.89. The molecule has 0 amide bonds. The largest absolute Gasteiger partial charge is 0.497 e. The lowest BCUT2D eigenvalue weighted by Crippen LogP contribution is -1.95. The van der Waals surface area contributed by atoms with E-state index in [0.717, 1.165) is 49.5 Å². The van der Waals surface area contributed by atoms with E-state index in [1.165, 1.54) is 0 Å². The number of thioether (sulfide) groups is 1.